The van der Waals surface area contributed by atoms with E-state index in [4.69, 9.17) is 15.2 Å². The second-order valence-corrected chi connectivity index (χ2v) is 4.94. The van der Waals surface area contributed by atoms with Crippen molar-refractivity contribution < 1.29 is 9.47 Å². The van der Waals surface area contributed by atoms with Gasteiger partial charge in [0.25, 0.3) is 0 Å². The molecule has 0 unspecified atom stereocenters. The molecule has 4 heteroatoms. The summed E-state index contributed by atoms with van der Waals surface area (Å²) in [6.45, 7) is 5.68. The summed E-state index contributed by atoms with van der Waals surface area (Å²) in [5, 5.41) is 3.43. The topological polar surface area (TPSA) is 56.5 Å². The van der Waals surface area contributed by atoms with Gasteiger partial charge in [0, 0.05) is 18.2 Å². The second kappa shape index (κ2) is 6.61. The van der Waals surface area contributed by atoms with E-state index in [0.717, 1.165) is 24.5 Å². The van der Waals surface area contributed by atoms with Crippen LogP contribution in [0.1, 0.15) is 19.4 Å². The van der Waals surface area contributed by atoms with Gasteiger partial charge in [-0.25, -0.2) is 0 Å². The maximum Gasteiger partial charge on any atom is 0.125 e. The highest BCUT2D eigenvalue weighted by atomic mass is 16.5. The van der Waals surface area contributed by atoms with Gasteiger partial charge in [-0.1, -0.05) is 6.07 Å². The molecule has 0 aliphatic carbocycles. The first-order valence-corrected chi connectivity index (χ1v) is 6.18. The molecule has 0 bridgehead atoms. The Morgan fingerprint density at radius 3 is 2.50 bits per heavy atom. The van der Waals surface area contributed by atoms with E-state index in [-0.39, 0.29) is 5.54 Å². The molecule has 0 aromatic heterocycles. The van der Waals surface area contributed by atoms with Crippen LogP contribution in [-0.4, -0.2) is 32.8 Å². The molecule has 0 heterocycles. The van der Waals surface area contributed by atoms with E-state index in [1.807, 2.05) is 18.2 Å². The molecule has 4 nitrogen and oxygen atoms in total. The number of nitrogens with two attached hydrogens (primary N) is 1. The average molecular weight is 252 g/mol. The Balaban J connectivity index is 2.62. The summed E-state index contributed by atoms with van der Waals surface area (Å²) in [6.07, 6.45) is 0.899. The second-order valence-electron chi connectivity index (χ2n) is 4.94. The van der Waals surface area contributed by atoms with E-state index in [0.29, 0.717) is 6.54 Å². The Morgan fingerprint density at radius 1 is 1.22 bits per heavy atom. The summed E-state index contributed by atoms with van der Waals surface area (Å²) in [5.41, 5.74) is 6.81. The molecular formula is C14H24N2O2. The van der Waals surface area contributed by atoms with E-state index in [9.17, 15) is 0 Å². The molecule has 0 radical (unpaired) electrons. The van der Waals surface area contributed by atoms with Gasteiger partial charge in [0.05, 0.1) is 14.2 Å². The summed E-state index contributed by atoms with van der Waals surface area (Å²) in [4.78, 5) is 0. The van der Waals surface area contributed by atoms with Crippen molar-refractivity contribution in [2.24, 2.45) is 5.73 Å². The standard InChI is InChI=1S/C14H24N2O2/c1-14(2,10-15)16-8-7-11-5-6-12(17-3)9-13(11)18-4/h5-6,9,16H,7-8,10,15H2,1-4H3. The Bertz CT molecular complexity index is 378. The SMILES string of the molecule is COc1ccc(CCNC(C)(C)CN)c(OC)c1. The van der Waals surface area contributed by atoms with E-state index < -0.39 is 0 Å². The maximum absolute atomic E-state index is 5.68. The number of methoxy groups -OCH3 is 2. The predicted molar refractivity (Wildman–Crippen MR) is 74.4 cm³/mol. The number of rotatable bonds is 7. The fraction of sp³-hybridized carbons (Fsp3) is 0.571. The van der Waals surface area contributed by atoms with Crippen LogP contribution in [0.4, 0.5) is 0 Å². The van der Waals surface area contributed by atoms with Gasteiger partial charge >= 0.3 is 0 Å². The lowest BCUT2D eigenvalue weighted by Crippen LogP contribution is -2.46. The number of hydrogen-bond donors (Lipinski definition) is 2. The molecule has 0 aliphatic heterocycles. The maximum atomic E-state index is 5.68. The average Bonchev–Trinajstić information content (AvgIpc) is 2.38. The molecule has 18 heavy (non-hydrogen) atoms. The fourth-order valence-corrected chi connectivity index (χ4v) is 1.67. The summed E-state index contributed by atoms with van der Waals surface area (Å²) in [7, 11) is 3.33. The van der Waals surface area contributed by atoms with Crippen molar-refractivity contribution in [1.29, 1.82) is 0 Å². The molecular weight excluding hydrogens is 228 g/mol. The highest BCUT2D eigenvalue weighted by molar-refractivity contribution is 5.40. The zero-order chi connectivity index (χ0) is 13.6. The smallest absolute Gasteiger partial charge is 0.125 e. The zero-order valence-corrected chi connectivity index (χ0v) is 11.7. The van der Waals surface area contributed by atoms with Crippen molar-refractivity contribution in [2.45, 2.75) is 25.8 Å². The molecule has 1 rings (SSSR count). The molecule has 102 valence electrons. The van der Waals surface area contributed by atoms with Gasteiger partial charge < -0.3 is 20.5 Å². The third kappa shape index (κ3) is 4.20. The summed E-state index contributed by atoms with van der Waals surface area (Å²) in [6, 6.07) is 5.89. The highest BCUT2D eigenvalue weighted by Crippen LogP contribution is 2.24. The molecule has 0 saturated carbocycles. The number of benzene rings is 1. The molecule has 0 fully saturated rings. The van der Waals surface area contributed by atoms with Crippen molar-refractivity contribution >= 4 is 0 Å². The monoisotopic (exact) mass is 252 g/mol. The van der Waals surface area contributed by atoms with E-state index in [2.05, 4.69) is 19.2 Å². The Hall–Kier alpha value is -1.26. The van der Waals surface area contributed by atoms with E-state index in [1.165, 1.54) is 5.56 Å². The molecule has 0 atom stereocenters. The molecule has 0 amide bonds. The van der Waals surface area contributed by atoms with Gasteiger partial charge in [-0.3, -0.25) is 0 Å². The lowest BCUT2D eigenvalue weighted by atomic mass is 10.1. The van der Waals surface area contributed by atoms with Crippen LogP contribution in [0.5, 0.6) is 11.5 Å². The van der Waals surface area contributed by atoms with Crippen molar-refractivity contribution in [2.75, 3.05) is 27.3 Å². The molecule has 0 saturated heterocycles. The molecule has 0 spiro atoms. The minimum atomic E-state index is -0.0281. The van der Waals surface area contributed by atoms with Crippen molar-refractivity contribution in [3.8, 4) is 11.5 Å². The van der Waals surface area contributed by atoms with Crippen LogP contribution in [-0.2, 0) is 6.42 Å². The number of ether oxygens (including phenoxy) is 2. The van der Waals surface area contributed by atoms with Crippen molar-refractivity contribution in [1.82, 2.24) is 5.32 Å². The van der Waals surface area contributed by atoms with Gasteiger partial charge in [0.15, 0.2) is 0 Å². The van der Waals surface area contributed by atoms with Gasteiger partial charge in [0.1, 0.15) is 11.5 Å². The Morgan fingerprint density at radius 2 is 1.94 bits per heavy atom. The van der Waals surface area contributed by atoms with Crippen LogP contribution in [0.25, 0.3) is 0 Å². The normalized spacial score (nSPS) is 11.4. The highest BCUT2D eigenvalue weighted by Gasteiger charge is 2.14. The van der Waals surface area contributed by atoms with Gasteiger partial charge in [-0.2, -0.15) is 0 Å². The molecule has 0 aliphatic rings. The quantitative estimate of drug-likeness (QED) is 0.773. The van der Waals surface area contributed by atoms with Gasteiger partial charge in [-0.05, 0) is 38.4 Å². The lowest BCUT2D eigenvalue weighted by Gasteiger charge is -2.24. The Kier molecular flexibility index (Phi) is 5.44. The molecule has 1 aromatic rings. The van der Waals surface area contributed by atoms with Crippen LogP contribution in [0, 0.1) is 0 Å². The largest absolute Gasteiger partial charge is 0.497 e. The molecule has 1 aromatic carbocycles. The summed E-state index contributed by atoms with van der Waals surface area (Å²) < 4.78 is 10.5. The molecule has 3 N–H and O–H groups in total. The minimum absolute atomic E-state index is 0.0281. The summed E-state index contributed by atoms with van der Waals surface area (Å²) in [5.74, 6) is 1.67. The van der Waals surface area contributed by atoms with Crippen LogP contribution < -0.4 is 20.5 Å². The predicted octanol–water partition coefficient (Wildman–Crippen LogP) is 1.57. The van der Waals surface area contributed by atoms with Crippen molar-refractivity contribution in [3.63, 3.8) is 0 Å². The first-order chi connectivity index (χ1) is 8.52. The van der Waals surface area contributed by atoms with Gasteiger partial charge in [0.2, 0.25) is 0 Å². The van der Waals surface area contributed by atoms with Crippen LogP contribution in [0.15, 0.2) is 18.2 Å². The van der Waals surface area contributed by atoms with Gasteiger partial charge in [-0.15, -0.1) is 0 Å². The van der Waals surface area contributed by atoms with Crippen molar-refractivity contribution in [3.05, 3.63) is 23.8 Å². The van der Waals surface area contributed by atoms with Crippen LogP contribution >= 0.6 is 0 Å². The fourth-order valence-electron chi connectivity index (χ4n) is 1.67. The minimum Gasteiger partial charge on any atom is -0.497 e. The number of hydrogen-bond acceptors (Lipinski definition) is 4. The first-order valence-electron chi connectivity index (χ1n) is 6.18. The number of nitrogens with one attached hydrogen (secondary N) is 1. The third-order valence-corrected chi connectivity index (χ3v) is 3.00. The van der Waals surface area contributed by atoms with E-state index >= 15 is 0 Å². The Labute approximate surface area is 109 Å². The summed E-state index contributed by atoms with van der Waals surface area (Å²) >= 11 is 0. The lowest BCUT2D eigenvalue weighted by molar-refractivity contribution is 0.384. The first kappa shape index (κ1) is 14.8. The van der Waals surface area contributed by atoms with Crippen LogP contribution in [0.2, 0.25) is 0 Å². The zero-order valence-electron chi connectivity index (χ0n) is 11.7. The van der Waals surface area contributed by atoms with E-state index in [1.54, 1.807) is 14.2 Å². The van der Waals surface area contributed by atoms with Crippen LogP contribution in [0.3, 0.4) is 0 Å². The third-order valence-electron chi connectivity index (χ3n) is 3.00.